The van der Waals surface area contributed by atoms with Crippen LogP contribution in [0.15, 0.2) is 24.3 Å². The topological polar surface area (TPSA) is 49.4 Å². The molecule has 1 aliphatic carbocycles. The summed E-state index contributed by atoms with van der Waals surface area (Å²) in [5.74, 6) is 0.0948. The normalized spacial score (nSPS) is 16.2. The molecule has 1 saturated carbocycles. The van der Waals surface area contributed by atoms with Crippen molar-refractivity contribution >= 4 is 10.0 Å². The fraction of sp³-hybridized carbons (Fsp3) is 0.538. The van der Waals surface area contributed by atoms with E-state index < -0.39 is 10.0 Å². The third-order valence-electron chi connectivity index (χ3n) is 3.22. The third kappa shape index (κ3) is 3.31. The van der Waals surface area contributed by atoms with E-state index in [2.05, 4.69) is 5.32 Å². The van der Waals surface area contributed by atoms with Gasteiger partial charge in [0.1, 0.15) is 0 Å². The monoisotopic (exact) mass is 268 g/mol. The summed E-state index contributed by atoms with van der Waals surface area (Å²) in [5, 5.41) is 3.07. The minimum Gasteiger partial charge on any atom is -0.316 e. The van der Waals surface area contributed by atoms with Crippen molar-refractivity contribution in [1.82, 2.24) is 9.62 Å². The first-order valence-corrected chi connectivity index (χ1v) is 7.82. The molecule has 18 heavy (non-hydrogen) atoms. The van der Waals surface area contributed by atoms with Crippen molar-refractivity contribution in [2.75, 3.05) is 14.1 Å². The molecule has 0 heterocycles. The van der Waals surface area contributed by atoms with Gasteiger partial charge in [0.25, 0.3) is 0 Å². The highest BCUT2D eigenvalue weighted by Gasteiger charge is 2.33. The molecule has 1 aromatic carbocycles. The molecule has 0 atom stereocenters. The van der Waals surface area contributed by atoms with Crippen molar-refractivity contribution in [3.05, 3.63) is 35.4 Å². The molecule has 1 aromatic rings. The molecule has 1 N–H and O–H groups in total. The van der Waals surface area contributed by atoms with Gasteiger partial charge in [-0.15, -0.1) is 0 Å². The molecule has 5 heteroatoms. The van der Waals surface area contributed by atoms with Gasteiger partial charge in [-0.3, -0.25) is 0 Å². The van der Waals surface area contributed by atoms with Crippen molar-refractivity contribution in [3.63, 3.8) is 0 Å². The SMILES string of the molecule is CNCc1cccc(CS(=O)(=O)N(C)C2CC2)c1. The number of rotatable bonds is 6. The van der Waals surface area contributed by atoms with E-state index in [9.17, 15) is 8.42 Å². The van der Waals surface area contributed by atoms with E-state index in [1.54, 1.807) is 7.05 Å². The highest BCUT2D eigenvalue weighted by atomic mass is 32.2. The number of sulfonamides is 1. The molecule has 0 aromatic heterocycles. The van der Waals surface area contributed by atoms with Gasteiger partial charge < -0.3 is 5.32 Å². The molecule has 0 bridgehead atoms. The van der Waals surface area contributed by atoms with E-state index in [1.165, 1.54) is 4.31 Å². The number of nitrogens with zero attached hydrogens (tertiary/aromatic N) is 1. The Balaban J connectivity index is 2.10. The molecule has 0 saturated heterocycles. The molecule has 0 unspecified atom stereocenters. The van der Waals surface area contributed by atoms with E-state index in [1.807, 2.05) is 31.3 Å². The zero-order valence-corrected chi connectivity index (χ0v) is 11.7. The van der Waals surface area contributed by atoms with Crippen LogP contribution in [0.5, 0.6) is 0 Å². The van der Waals surface area contributed by atoms with Crippen LogP contribution in [-0.4, -0.2) is 32.9 Å². The molecule has 0 aliphatic heterocycles. The van der Waals surface area contributed by atoms with Crippen LogP contribution < -0.4 is 5.32 Å². The summed E-state index contributed by atoms with van der Waals surface area (Å²) >= 11 is 0. The lowest BCUT2D eigenvalue weighted by Gasteiger charge is -2.16. The number of hydrogen-bond acceptors (Lipinski definition) is 3. The first-order chi connectivity index (χ1) is 8.53. The van der Waals surface area contributed by atoms with Crippen molar-refractivity contribution in [1.29, 1.82) is 0 Å². The fourth-order valence-electron chi connectivity index (χ4n) is 2.01. The molecule has 1 aliphatic rings. The van der Waals surface area contributed by atoms with Gasteiger partial charge in [-0.25, -0.2) is 12.7 Å². The van der Waals surface area contributed by atoms with E-state index in [4.69, 9.17) is 0 Å². The lowest BCUT2D eigenvalue weighted by atomic mass is 10.1. The maximum Gasteiger partial charge on any atom is 0.218 e. The fourth-order valence-corrected chi connectivity index (χ4v) is 3.48. The number of hydrogen-bond donors (Lipinski definition) is 1. The summed E-state index contributed by atoms with van der Waals surface area (Å²) in [7, 11) is 0.395. The molecule has 0 radical (unpaired) electrons. The molecule has 0 amide bonds. The quantitative estimate of drug-likeness (QED) is 0.847. The standard InChI is InChI=1S/C13H20N2O2S/c1-14-9-11-4-3-5-12(8-11)10-18(16,17)15(2)13-6-7-13/h3-5,8,13-14H,6-7,9-10H2,1-2H3. The zero-order chi connectivity index (χ0) is 13.2. The van der Waals surface area contributed by atoms with Gasteiger partial charge in [0.15, 0.2) is 0 Å². The highest BCUT2D eigenvalue weighted by molar-refractivity contribution is 7.88. The lowest BCUT2D eigenvalue weighted by molar-refractivity contribution is 0.463. The van der Waals surface area contributed by atoms with Crippen molar-refractivity contribution < 1.29 is 8.42 Å². The number of benzene rings is 1. The molecule has 4 nitrogen and oxygen atoms in total. The van der Waals surface area contributed by atoms with Crippen molar-refractivity contribution in [3.8, 4) is 0 Å². The third-order valence-corrected chi connectivity index (χ3v) is 5.10. The Morgan fingerprint density at radius 1 is 1.33 bits per heavy atom. The van der Waals surface area contributed by atoms with Gasteiger partial charge in [0.2, 0.25) is 10.0 Å². The van der Waals surface area contributed by atoms with Crippen LogP contribution in [0.4, 0.5) is 0 Å². The summed E-state index contributed by atoms with van der Waals surface area (Å²) < 4.78 is 25.8. The van der Waals surface area contributed by atoms with Crippen molar-refractivity contribution in [2.45, 2.75) is 31.2 Å². The molecular formula is C13H20N2O2S. The summed E-state index contributed by atoms with van der Waals surface area (Å²) in [4.78, 5) is 0. The highest BCUT2D eigenvalue weighted by Crippen LogP contribution is 2.28. The van der Waals surface area contributed by atoms with Crippen LogP contribution in [0.1, 0.15) is 24.0 Å². The van der Waals surface area contributed by atoms with Crippen molar-refractivity contribution in [2.24, 2.45) is 0 Å². The predicted molar refractivity (Wildman–Crippen MR) is 72.6 cm³/mol. The van der Waals surface area contributed by atoms with Crippen LogP contribution in [0.2, 0.25) is 0 Å². The first kappa shape index (κ1) is 13.5. The Bertz CT molecular complexity index is 509. The summed E-state index contributed by atoms with van der Waals surface area (Å²) in [6, 6.07) is 7.97. The van der Waals surface area contributed by atoms with Crippen LogP contribution in [0.25, 0.3) is 0 Å². The maximum absolute atomic E-state index is 12.2. The predicted octanol–water partition coefficient (Wildman–Crippen LogP) is 1.33. The Labute approximate surface area is 109 Å². The average molecular weight is 268 g/mol. The van der Waals surface area contributed by atoms with E-state index >= 15 is 0 Å². The minimum atomic E-state index is -3.17. The first-order valence-electron chi connectivity index (χ1n) is 6.21. The van der Waals surface area contributed by atoms with Gasteiger partial charge in [0, 0.05) is 19.6 Å². The van der Waals surface area contributed by atoms with Crippen LogP contribution in [-0.2, 0) is 22.3 Å². The van der Waals surface area contributed by atoms with E-state index in [0.717, 1.165) is 30.5 Å². The maximum atomic E-state index is 12.2. The second-order valence-corrected chi connectivity index (χ2v) is 6.88. The molecule has 100 valence electrons. The minimum absolute atomic E-state index is 0.0948. The molecule has 2 rings (SSSR count). The largest absolute Gasteiger partial charge is 0.316 e. The van der Waals surface area contributed by atoms with Crippen LogP contribution >= 0.6 is 0 Å². The van der Waals surface area contributed by atoms with Gasteiger partial charge in [-0.05, 0) is 31.0 Å². The smallest absolute Gasteiger partial charge is 0.218 e. The Morgan fingerprint density at radius 2 is 2.00 bits per heavy atom. The van der Waals surface area contributed by atoms with E-state index in [-0.39, 0.29) is 11.8 Å². The van der Waals surface area contributed by atoms with Gasteiger partial charge in [-0.1, -0.05) is 24.3 Å². The Morgan fingerprint density at radius 3 is 2.61 bits per heavy atom. The molecule has 0 spiro atoms. The van der Waals surface area contributed by atoms with Gasteiger partial charge in [-0.2, -0.15) is 0 Å². The molecular weight excluding hydrogens is 248 g/mol. The zero-order valence-electron chi connectivity index (χ0n) is 10.9. The Hall–Kier alpha value is -0.910. The number of nitrogens with one attached hydrogen (secondary N) is 1. The molecule has 1 fully saturated rings. The van der Waals surface area contributed by atoms with Crippen LogP contribution in [0.3, 0.4) is 0 Å². The summed E-state index contributed by atoms with van der Waals surface area (Å²) in [5.41, 5.74) is 1.97. The second kappa shape index (κ2) is 5.38. The lowest BCUT2D eigenvalue weighted by Crippen LogP contribution is -2.30. The summed E-state index contributed by atoms with van der Waals surface area (Å²) in [6.45, 7) is 0.756. The summed E-state index contributed by atoms with van der Waals surface area (Å²) in [6.07, 6.45) is 1.99. The Kier molecular flexibility index (Phi) is 4.04. The van der Waals surface area contributed by atoms with E-state index in [0.29, 0.717) is 0 Å². The van der Waals surface area contributed by atoms with Gasteiger partial charge in [0.05, 0.1) is 5.75 Å². The van der Waals surface area contributed by atoms with Gasteiger partial charge >= 0.3 is 0 Å². The second-order valence-electron chi connectivity index (χ2n) is 4.85. The van der Waals surface area contributed by atoms with Crippen LogP contribution in [0, 0.1) is 0 Å². The average Bonchev–Trinajstić information content (AvgIpc) is 3.12.